The van der Waals surface area contributed by atoms with Gasteiger partial charge in [0.2, 0.25) is 0 Å². The van der Waals surface area contributed by atoms with Crippen molar-refractivity contribution in [3.8, 4) is 0 Å². The average Bonchev–Trinajstić information content (AvgIpc) is 2.91. The van der Waals surface area contributed by atoms with E-state index in [0.29, 0.717) is 0 Å². The summed E-state index contributed by atoms with van der Waals surface area (Å²) >= 11 is 0. The van der Waals surface area contributed by atoms with Gasteiger partial charge in [-0.05, 0) is 13.8 Å². The van der Waals surface area contributed by atoms with Gasteiger partial charge in [-0.15, -0.1) is 6.58 Å². The topological polar surface area (TPSA) is 97.4 Å². The smallest absolute Gasteiger partial charge is 0.355 e. The molecule has 2 saturated heterocycles. The lowest BCUT2D eigenvalue weighted by molar-refractivity contribution is -0.186. The normalized spacial score (nSPS) is 34.5. The van der Waals surface area contributed by atoms with Crippen molar-refractivity contribution < 1.29 is 38.1 Å². The maximum Gasteiger partial charge on any atom is 0.355 e. The van der Waals surface area contributed by atoms with Crippen LogP contribution in [0.25, 0.3) is 0 Å². The fraction of sp³-hybridized carbons (Fsp3) is 0.688. The number of hydrogen-bond donors (Lipinski definition) is 0. The fourth-order valence-corrected chi connectivity index (χ4v) is 2.97. The molecule has 8 nitrogen and oxygen atoms in total. The Hall–Kier alpha value is -1.93. The summed E-state index contributed by atoms with van der Waals surface area (Å²) in [6.07, 6.45) is -1.43. The van der Waals surface area contributed by atoms with Gasteiger partial charge in [0.15, 0.2) is 18.0 Å². The average molecular weight is 342 g/mol. The molecule has 0 radical (unpaired) electrons. The van der Waals surface area contributed by atoms with E-state index in [9.17, 15) is 14.4 Å². The van der Waals surface area contributed by atoms with Crippen molar-refractivity contribution in [1.29, 1.82) is 0 Å². The summed E-state index contributed by atoms with van der Waals surface area (Å²) in [6, 6.07) is 0. The summed E-state index contributed by atoms with van der Waals surface area (Å²) in [5.41, 5.74) is -1.78. The number of ether oxygens (including phenoxy) is 5. The molecule has 0 unspecified atom stereocenters. The van der Waals surface area contributed by atoms with Gasteiger partial charge in [-0.1, -0.05) is 6.08 Å². The zero-order valence-electron chi connectivity index (χ0n) is 14.2. The number of hydrogen-bond acceptors (Lipinski definition) is 8. The van der Waals surface area contributed by atoms with Gasteiger partial charge >= 0.3 is 17.9 Å². The first-order valence-corrected chi connectivity index (χ1v) is 7.62. The second kappa shape index (κ2) is 6.52. The molecule has 0 aromatic carbocycles. The summed E-state index contributed by atoms with van der Waals surface area (Å²) in [4.78, 5) is 35.6. The molecule has 8 heteroatoms. The maximum atomic E-state index is 12.5. The van der Waals surface area contributed by atoms with Crippen LogP contribution in [0, 0.1) is 0 Å². The Morgan fingerprint density at radius 3 is 2.46 bits per heavy atom. The molecule has 0 aromatic rings. The highest BCUT2D eigenvalue weighted by atomic mass is 16.8. The lowest BCUT2D eigenvalue weighted by Gasteiger charge is -2.31. The second-order valence-electron chi connectivity index (χ2n) is 6.24. The van der Waals surface area contributed by atoms with Gasteiger partial charge in [0.05, 0.1) is 6.61 Å². The van der Waals surface area contributed by atoms with Crippen LogP contribution >= 0.6 is 0 Å². The molecule has 2 aliphatic rings. The minimum absolute atomic E-state index is 0.0587. The lowest BCUT2D eigenvalue weighted by Crippen LogP contribution is -2.53. The highest BCUT2D eigenvalue weighted by Crippen LogP contribution is 2.40. The van der Waals surface area contributed by atoms with E-state index in [1.54, 1.807) is 13.8 Å². The SMILES string of the molecule is C=CC[C@@]1(OC(C)=O)C(=O)O[C@H]([C@@H]2COC(C)(C)O2)[C@@H]1OC(C)=O. The van der Waals surface area contributed by atoms with Crippen molar-refractivity contribution >= 4 is 17.9 Å². The van der Waals surface area contributed by atoms with E-state index in [4.69, 9.17) is 23.7 Å². The van der Waals surface area contributed by atoms with E-state index in [1.165, 1.54) is 13.0 Å². The van der Waals surface area contributed by atoms with Crippen LogP contribution in [0.15, 0.2) is 12.7 Å². The van der Waals surface area contributed by atoms with Gasteiger partial charge < -0.3 is 23.7 Å². The Bertz CT molecular complexity index is 554. The van der Waals surface area contributed by atoms with Crippen LogP contribution in [0.3, 0.4) is 0 Å². The number of esters is 3. The summed E-state index contributed by atoms with van der Waals surface area (Å²) in [7, 11) is 0. The van der Waals surface area contributed by atoms with Gasteiger partial charge in [-0.3, -0.25) is 9.59 Å². The molecule has 134 valence electrons. The molecule has 0 aromatic heterocycles. The van der Waals surface area contributed by atoms with E-state index in [2.05, 4.69) is 6.58 Å². The summed E-state index contributed by atoms with van der Waals surface area (Å²) in [5.74, 6) is -3.00. The summed E-state index contributed by atoms with van der Waals surface area (Å²) in [5, 5.41) is 0. The lowest BCUT2D eigenvalue weighted by atomic mass is 9.89. The number of carbonyl (C=O) groups excluding carboxylic acids is 3. The Balaban J connectivity index is 2.38. The molecule has 0 amide bonds. The predicted molar refractivity (Wildman–Crippen MR) is 79.6 cm³/mol. The zero-order chi connectivity index (χ0) is 18.1. The second-order valence-corrected chi connectivity index (χ2v) is 6.24. The highest BCUT2D eigenvalue weighted by molar-refractivity contribution is 5.87. The Morgan fingerprint density at radius 1 is 1.33 bits per heavy atom. The molecule has 2 heterocycles. The van der Waals surface area contributed by atoms with E-state index >= 15 is 0 Å². The van der Waals surface area contributed by atoms with E-state index in [0.717, 1.165) is 6.92 Å². The van der Waals surface area contributed by atoms with Crippen molar-refractivity contribution in [2.45, 2.75) is 63.8 Å². The molecule has 0 saturated carbocycles. The number of rotatable bonds is 5. The third-order valence-corrected chi connectivity index (χ3v) is 3.81. The van der Waals surface area contributed by atoms with Crippen molar-refractivity contribution in [1.82, 2.24) is 0 Å². The number of carbonyl (C=O) groups is 3. The molecule has 4 atom stereocenters. The largest absolute Gasteiger partial charge is 0.453 e. The molecule has 2 rings (SSSR count). The van der Waals surface area contributed by atoms with Crippen molar-refractivity contribution in [3.63, 3.8) is 0 Å². The van der Waals surface area contributed by atoms with Crippen molar-refractivity contribution in [3.05, 3.63) is 12.7 Å². The number of cyclic esters (lactones) is 1. The summed E-state index contributed by atoms with van der Waals surface area (Å²) in [6.45, 7) is 9.51. The van der Waals surface area contributed by atoms with E-state index in [-0.39, 0.29) is 13.0 Å². The van der Waals surface area contributed by atoms with Gasteiger partial charge in [0.1, 0.15) is 6.10 Å². The van der Waals surface area contributed by atoms with Crippen LogP contribution in [-0.2, 0) is 38.1 Å². The standard InChI is InChI=1S/C16H22O8/c1-6-7-16(23-10(3)18)13(21-9(2)17)12(22-14(16)19)11-8-20-15(4,5)24-11/h6,11-13H,1,7-8H2,2-5H3/t11-,12+,13-,16-/m0/s1. The van der Waals surface area contributed by atoms with Crippen LogP contribution in [0.1, 0.15) is 34.1 Å². The zero-order valence-corrected chi connectivity index (χ0v) is 14.2. The first kappa shape index (κ1) is 18.4. The minimum Gasteiger partial charge on any atom is -0.453 e. The monoisotopic (exact) mass is 342 g/mol. The Kier molecular flexibility index (Phi) is 5.00. The molecule has 0 spiro atoms. The van der Waals surface area contributed by atoms with Crippen LogP contribution in [-0.4, -0.2) is 54.2 Å². The quantitative estimate of drug-likeness (QED) is 0.412. The highest BCUT2D eigenvalue weighted by Gasteiger charge is 2.65. The van der Waals surface area contributed by atoms with Gasteiger partial charge in [-0.25, -0.2) is 4.79 Å². The van der Waals surface area contributed by atoms with Crippen LogP contribution in [0.4, 0.5) is 0 Å². The molecular formula is C16H22O8. The molecule has 0 N–H and O–H groups in total. The molecule has 2 aliphatic heterocycles. The van der Waals surface area contributed by atoms with Crippen LogP contribution < -0.4 is 0 Å². The fourth-order valence-electron chi connectivity index (χ4n) is 2.97. The predicted octanol–water partition coefficient (Wildman–Crippen LogP) is 0.873. The van der Waals surface area contributed by atoms with E-state index < -0.39 is 47.6 Å². The molecule has 0 bridgehead atoms. The van der Waals surface area contributed by atoms with Crippen molar-refractivity contribution in [2.75, 3.05) is 6.61 Å². The molecule has 24 heavy (non-hydrogen) atoms. The van der Waals surface area contributed by atoms with Gasteiger partial charge in [-0.2, -0.15) is 0 Å². The molecule has 0 aliphatic carbocycles. The Morgan fingerprint density at radius 2 is 2.00 bits per heavy atom. The van der Waals surface area contributed by atoms with E-state index in [1.807, 2.05) is 0 Å². The maximum absolute atomic E-state index is 12.5. The first-order valence-electron chi connectivity index (χ1n) is 7.62. The summed E-state index contributed by atoms with van der Waals surface area (Å²) < 4.78 is 27.1. The van der Waals surface area contributed by atoms with Gasteiger partial charge in [0.25, 0.3) is 5.60 Å². The van der Waals surface area contributed by atoms with Crippen LogP contribution in [0.2, 0.25) is 0 Å². The first-order chi connectivity index (χ1) is 11.1. The third-order valence-electron chi connectivity index (χ3n) is 3.81. The Labute approximate surface area is 140 Å². The third kappa shape index (κ3) is 3.44. The van der Waals surface area contributed by atoms with Crippen molar-refractivity contribution in [2.24, 2.45) is 0 Å². The minimum atomic E-state index is -1.78. The molecule has 2 fully saturated rings. The van der Waals surface area contributed by atoms with Crippen LogP contribution in [0.5, 0.6) is 0 Å². The molecular weight excluding hydrogens is 320 g/mol. The van der Waals surface area contributed by atoms with Gasteiger partial charge in [0, 0.05) is 20.3 Å².